The van der Waals surface area contributed by atoms with Crippen molar-refractivity contribution >= 4 is 23.7 Å². The maximum atomic E-state index is 13.7. The van der Waals surface area contributed by atoms with Crippen molar-refractivity contribution < 1.29 is 18.5 Å². The van der Waals surface area contributed by atoms with Crippen LogP contribution in [0.3, 0.4) is 0 Å². The maximum Gasteiger partial charge on any atom is 0.321 e. The first kappa shape index (κ1) is 21.5. The zero-order valence-corrected chi connectivity index (χ0v) is 17.2. The van der Waals surface area contributed by atoms with Crippen molar-refractivity contribution in [3.63, 3.8) is 0 Å². The molecule has 0 radical (unpaired) electrons. The van der Waals surface area contributed by atoms with Gasteiger partial charge in [0.25, 0.3) is 0 Å². The van der Waals surface area contributed by atoms with Gasteiger partial charge in [-0.25, -0.2) is 9.18 Å². The minimum Gasteiger partial charge on any atom is -0.338 e. The molecular formula is C21H21FN4O3S. The summed E-state index contributed by atoms with van der Waals surface area (Å²) in [4.78, 5) is 27.8. The topological polar surface area (TPSA) is 97.1 Å². The lowest BCUT2D eigenvalue weighted by molar-refractivity contribution is -0.119. The lowest BCUT2D eigenvalue weighted by Crippen LogP contribution is -2.39. The van der Waals surface area contributed by atoms with E-state index < -0.39 is 6.03 Å². The van der Waals surface area contributed by atoms with Crippen LogP contribution in [0.5, 0.6) is 0 Å². The SMILES string of the molecule is Cc1ccc(-c2noc(CSCCC(=O)NC(=O)NCc3ccccc3)n2)cc1F. The van der Waals surface area contributed by atoms with Gasteiger partial charge < -0.3 is 9.84 Å². The molecule has 0 aliphatic rings. The molecule has 0 aliphatic heterocycles. The molecule has 0 bridgehead atoms. The van der Waals surface area contributed by atoms with E-state index in [4.69, 9.17) is 4.52 Å². The highest BCUT2D eigenvalue weighted by molar-refractivity contribution is 7.98. The monoisotopic (exact) mass is 428 g/mol. The first-order chi connectivity index (χ1) is 14.5. The van der Waals surface area contributed by atoms with Crippen molar-refractivity contribution in [3.05, 3.63) is 71.4 Å². The average molecular weight is 428 g/mol. The van der Waals surface area contributed by atoms with Crippen molar-refractivity contribution in [1.29, 1.82) is 0 Å². The van der Waals surface area contributed by atoms with Gasteiger partial charge in [-0.3, -0.25) is 10.1 Å². The molecule has 3 aromatic rings. The summed E-state index contributed by atoms with van der Waals surface area (Å²) < 4.78 is 18.8. The van der Waals surface area contributed by atoms with Crippen LogP contribution in [0.2, 0.25) is 0 Å². The number of hydrogen-bond acceptors (Lipinski definition) is 6. The fraction of sp³-hybridized carbons (Fsp3) is 0.238. The van der Waals surface area contributed by atoms with Crippen molar-refractivity contribution in [1.82, 2.24) is 20.8 Å². The first-order valence-corrected chi connectivity index (χ1v) is 10.4. The molecule has 7 nitrogen and oxygen atoms in total. The van der Waals surface area contributed by atoms with Crippen molar-refractivity contribution in [3.8, 4) is 11.4 Å². The van der Waals surface area contributed by atoms with Gasteiger partial charge in [-0.05, 0) is 24.1 Å². The summed E-state index contributed by atoms with van der Waals surface area (Å²) >= 11 is 1.42. The Hall–Kier alpha value is -3.20. The number of thioether (sulfide) groups is 1. The number of carbonyl (C=O) groups excluding carboxylic acids is 2. The van der Waals surface area contributed by atoms with Crippen LogP contribution < -0.4 is 10.6 Å². The highest BCUT2D eigenvalue weighted by Gasteiger charge is 2.11. The summed E-state index contributed by atoms with van der Waals surface area (Å²) in [5.41, 5.74) is 2.03. The van der Waals surface area contributed by atoms with Crippen molar-refractivity contribution in [2.75, 3.05) is 5.75 Å². The minimum absolute atomic E-state index is 0.174. The van der Waals surface area contributed by atoms with Crippen LogP contribution in [-0.4, -0.2) is 27.8 Å². The molecule has 0 unspecified atom stereocenters. The van der Waals surface area contributed by atoms with E-state index >= 15 is 0 Å². The number of imide groups is 1. The zero-order chi connectivity index (χ0) is 21.3. The molecule has 0 saturated heterocycles. The Morgan fingerprint density at radius 1 is 1.17 bits per heavy atom. The molecule has 1 aromatic heterocycles. The van der Waals surface area contributed by atoms with Crippen LogP contribution in [0, 0.1) is 12.7 Å². The van der Waals surface area contributed by atoms with Gasteiger partial charge in [-0.1, -0.05) is 47.6 Å². The molecule has 156 valence electrons. The highest BCUT2D eigenvalue weighted by Crippen LogP contribution is 2.20. The maximum absolute atomic E-state index is 13.7. The molecule has 0 spiro atoms. The molecular weight excluding hydrogens is 407 g/mol. The Balaban J connectivity index is 1.35. The summed E-state index contributed by atoms with van der Waals surface area (Å²) in [6.45, 7) is 2.03. The van der Waals surface area contributed by atoms with Gasteiger partial charge in [-0.2, -0.15) is 16.7 Å². The van der Waals surface area contributed by atoms with Gasteiger partial charge in [0.05, 0.1) is 5.75 Å². The number of aromatic nitrogens is 2. The van der Waals surface area contributed by atoms with E-state index in [0.717, 1.165) is 5.56 Å². The Kier molecular flexibility index (Phi) is 7.56. The van der Waals surface area contributed by atoms with Gasteiger partial charge in [0.2, 0.25) is 17.6 Å². The van der Waals surface area contributed by atoms with Gasteiger partial charge in [0.1, 0.15) is 5.82 Å². The Morgan fingerprint density at radius 3 is 2.73 bits per heavy atom. The second-order valence-electron chi connectivity index (χ2n) is 6.49. The lowest BCUT2D eigenvalue weighted by Gasteiger charge is -2.06. The number of halogens is 1. The van der Waals surface area contributed by atoms with E-state index in [0.29, 0.717) is 40.9 Å². The fourth-order valence-electron chi connectivity index (χ4n) is 2.50. The Labute approximate surface area is 177 Å². The predicted molar refractivity (Wildman–Crippen MR) is 112 cm³/mol. The quantitative estimate of drug-likeness (QED) is 0.529. The molecule has 1 heterocycles. The third-order valence-corrected chi connectivity index (χ3v) is 5.09. The van der Waals surface area contributed by atoms with E-state index in [9.17, 15) is 14.0 Å². The average Bonchev–Trinajstić information content (AvgIpc) is 3.21. The number of urea groups is 1. The summed E-state index contributed by atoms with van der Waals surface area (Å²) in [6, 6.07) is 13.6. The molecule has 3 rings (SSSR count). The summed E-state index contributed by atoms with van der Waals surface area (Å²) in [7, 11) is 0. The smallest absolute Gasteiger partial charge is 0.321 e. The first-order valence-electron chi connectivity index (χ1n) is 9.30. The Bertz CT molecular complexity index is 1010. The third-order valence-electron chi connectivity index (χ3n) is 4.15. The van der Waals surface area contributed by atoms with Crippen molar-refractivity contribution in [2.45, 2.75) is 25.6 Å². The summed E-state index contributed by atoms with van der Waals surface area (Å²) in [5, 5.41) is 8.79. The summed E-state index contributed by atoms with van der Waals surface area (Å²) in [5.74, 6) is 0.902. The molecule has 0 aliphatic carbocycles. The molecule has 9 heteroatoms. The number of nitrogens with one attached hydrogen (secondary N) is 2. The molecule has 3 amide bonds. The molecule has 0 fully saturated rings. The summed E-state index contributed by atoms with van der Waals surface area (Å²) in [6.07, 6.45) is 0.174. The van der Waals surface area contributed by atoms with Crippen LogP contribution in [0.1, 0.15) is 23.4 Å². The zero-order valence-electron chi connectivity index (χ0n) is 16.4. The fourth-order valence-corrected chi connectivity index (χ4v) is 3.26. The van der Waals surface area contributed by atoms with Crippen LogP contribution in [0.15, 0.2) is 53.1 Å². The van der Waals surface area contributed by atoms with E-state index in [1.165, 1.54) is 17.8 Å². The molecule has 2 N–H and O–H groups in total. The minimum atomic E-state index is -0.527. The number of benzene rings is 2. The van der Waals surface area contributed by atoms with Gasteiger partial charge in [-0.15, -0.1) is 0 Å². The molecule has 0 atom stereocenters. The second kappa shape index (κ2) is 10.5. The van der Waals surface area contributed by atoms with Crippen LogP contribution in [0.25, 0.3) is 11.4 Å². The second-order valence-corrected chi connectivity index (χ2v) is 7.60. The number of rotatable bonds is 8. The number of aryl methyl sites for hydroxylation is 1. The van der Waals surface area contributed by atoms with E-state index in [2.05, 4.69) is 20.8 Å². The number of nitrogens with zero attached hydrogens (tertiary/aromatic N) is 2. The molecule has 0 saturated carbocycles. The van der Waals surface area contributed by atoms with Crippen LogP contribution in [0.4, 0.5) is 9.18 Å². The van der Waals surface area contributed by atoms with Gasteiger partial charge in [0, 0.05) is 24.3 Å². The Morgan fingerprint density at radius 2 is 1.97 bits per heavy atom. The predicted octanol–water partition coefficient (Wildman–Crippen LogP) is 3.83. The number of hydrogen-bond donors (Lipinski definition) is 2. The van der Waals surface area contributed by atoms with E-state index in [1.807, 2.05) is 30.3 Å². The third kappa shape index (κ3) is 6.41. The van der Waals surface area contributed by atoms with Crippen LogP contribution in [-0.2, 0) is 17.1 Å². The van der Waals surface area contributed by atoms with E-state index in [-0.39, 0.29) is 18.1 Å². The van der Waals surface area contributed by atoms with Crippen LogP contribution >= 0.6 is 11.8 Å². The molecule has 30 heavy (non-hydrogen) atoms. The number of amides is 3. The van der Waals surface area contributed by atoms with Crippen molar-refractivity contribution in [2.24, 2.45) is 0 Å². The standard InChI is InChI=1S/C21H21FN4O3S/c1-14-7-8-16(11-17(14)22)20-25-19(29-26-20)13-30-10-9-18(27)24-21(28)23-12-15-5-3-2-4-6-15/h2-8,11H,9-10,12-13H2,1H3,(H2,23,24,27,28). The van der Waals surface area contributed by atoms with Gasteiger partial charge in [0.15, 0.2) is 0 Å². The lowest BCUT2D eigenvalue weighted by atomic mass is 10.1. The van der Waals surface area contributed by atoms with E-state index in [1.54, 1.807) is 19.1 Å². The van der Waals surface area contributed by atoms with Gasteiger partial charge >= 0.3 is 6.03 Å². The number of carbonyl (C=O) groups is 2. The molecule has 2 aromatic carbocycles. The normalized spacial score (nSPS) is 10.6. The largest absolute Gasteiger partial charge is 0.338 e. The highest BCUT2D eigenvalue weighted by atomic mass is 32.2.